The Bertz CT molecular complexity index is 306. The van der Waals surface area contributed by atoms with E-state index in [1.54, 1.807) is 4.90 Å². The lowest BCUT2D eigenvalue weighted by Crippen LogP contribution is -2.48. The summed E-state index contributed by atoms with van der Waals surface area (Å²) in [7, 11) is 0. The molecule has 2 amide bonds. The maximum atomic E-state index is 11.5. The molecule has 2 saturated heterocycles. The first kappa shape index (κ1) is 12.4. The molecule has 2 fully saturated rings. The maximum absolute atomic E-state index is 11.5. The van der Waals surface area contributed by atoms with Crippen LogP contribution in [0.15, 0.2) is 0 Å². The number of nitrogens with zero attached hydrogens (tertiary/aromatic N) is 1. The summed E-state index contributed by atoms with van der Waals surface area (Å²) < 4.78 is 5.60. The standard InChI is InChI=1S/C12H20N2O3/c1-2-3-4-5-10(15)13-7-9-8-14-11(16)6-12(14)17-9/h9,12H,2-8H2,1H3,(H,13,15). The summed E-state index contributed by atoms with van der Waals surface area (Å²) in [5.41, 5.74) is 0. The largest absolute Gasteiger partial charge is 0.353 e. The van der Waals surface area contributed by atoms with Gasteiger partial charge in [0.25, 0.3) is 0 Å². The van der Waals surface area contributed by atoms with Gasteiger partial charge in [-0.25, -0.2) is 0 Å². The van der Waals surface area contributed by atoms with Crippen molar-refractivity contribution >= 4 is 11.8 Å². The summed E-state index contributed by atoms with van der Waals surface area (Å²) in [5.74, 6) is 0.245. The van der Waals surface area contributed by atoms with E-state index in [4.69, 9.17) is 4.74 Å². The maximum Gasteiger partial charge on any atom is 0.229 e. The average Bonchev–Trinajstić information content (AvgIpc) is 2.64. The van der Waals surface area contributed by atoms with Crippen molar-refractivity contribution in [2.45, 2.75) is 51.4 Å². The molecule has 2 aliphatic rings. The van der Waals surface area contributed by atoms with Gasteiger partial charge < -0.3 is 15.0 Å². The summed E-state index contributed by atoms with van der Waals surface area (Å²) in [4.78, 5) is 24.3. The monoisotopic (exact) mass is 240 g/mol. The number of nitrogens with one attached hydrogen (secondary N) is 1. The van der Waals surface area contributed by atoms with Gasteiger partial charge in [-0.2, -0.15) is 0 Å². The fourth-order valence-electron chi connectivity index (χ4n) is 2.21. The molecular formula is C12H20N2O3. The summed E-state index contributed by atoms with van der Waals surface area (Å²) in [5, 5.41) is 2.87. The first-order valence-electron chi connectivity index (χ1n) is 6.42. The molecule has 0 spiro atoms. The van der Waals surface area contributed by atoms with Gasteiger partial charge in [0.05, 0.1) is 19.1 Å². The zero-order valence-corrected chi connectivity index (χ0v) is 10.3. The first-order valence-corrected chi connectivity index (χ1v) is 6.42. The van der Waals surface area contributed by atoms with Gasteiger partial charge in [0.2, 0.25) is 11.8 Å². The third-order valence-electron chi connectivity index (χ3n) is 3.30. The Morgan fingerprint density at radius 3 is 3.00 bits per heavy atom. The van der Waals surface area contributed by atoms with Gasteiger partial charge in [-0.15, -0.1) is 0 Å². The molecule has 0 aromatic carbocycles. The highest BCUT2D eigenvalue weighted by Gasteiger charge is 2.44. The van der Waals surface area contributed by atoms with Gasteiger partial charge in [0.15, 0.2) is 0 Å². The first-order chi connectivity index (χ1) is 8.20. The molecule has 2 atom stereocenters. The van der Waals surface area contributed by atoms with Crippen LogP contribution in [0.5, 0.6) is 0 Å². The topological polar surface area (TPSA) is 58.6 Å². The average molecular weight is 240 g/mol. The Hall–Kier alpha value is -1.10. The minimum Gasteiger partial charge on any atom is -0.353 e. The molecule has 1 N–H and O–H groups in total. The van der Waals surface area contributed by atoms with Crippen molar-refractivity contribution in [3.63, 3.8) is 0 Å². The van der Waals surface area contributed by atoms with Gasteiger partial charge in [-0.3, -0.25) is 9.59 Å². The van der Waals surface area contributed by atoms with Crippen molar-refractivity contribution in [3.8, 4) is 0 Å². The third-order valence-corrected chi connectivity index (χ3v) is 3.30. The Kier molecular flexibility index (Phi) is 3.99. The van der Waals surface area contributed by atoms with Crippen molar-refractivity contribution in [2.24, 2.45) is 0 Å². The van der Waals surface area contributed by atoms with Crippen molar-refractivity contribution < 1.29 is 14.3 Å². The molecule has 5 heteroatoms. The Balaban J connectivity index is 1.59. The molecule has 0 aromatic heterocycles. The molecule has 5 nitrogen and oxygen atoms in total. The van der Waals surface area contributed by atoms with Gasteiger partial charge in [-0.1, -0.05) is 19.8 Å². The van der Waals surface area contributed by atoms with Crippen LogP contribution >= 0.6 is 0 Å². The van der Waals surface area contributed by atoms with Crippen molar-refractivity contribution in [2.75, 3.05) is 13.1 Å². The second-order valence-electron chi connectivity index (χ2n) is 4.72. The number of β-lactam (4-membered cyclic amide) rings is 1. The quantitative estimate of drug-likeness (QED) is 0.547. The summed E-state index contributed by atoms with van der Waals surface area (Å²) in [6, 6.07) is 0. The zero-order valence-electron chi connectivity index (χ0n) is 10.3. The molecular weight excluding hydrogens is 220 g/mol. The van der Waals surface area contributed by atoms with E-state index in [0.29, 0.717) is 25.9 Å². The lowest BCUT2D eigenvalue weighted by atomic mass is 10.2. The molecule has 2 unspecified atom stereocenters. The Morgan fingerprint density at radius 2 is 2.35 bits per heavy atom. The molecule has 0 aliphatic carbocycles. The molecule has 0 aromatic rings. The van der Waals surface area contributed by atoms with Crippen LogP contribution < -0.4 is 5.32 Å². The highest BCUT2D eigenvalue weighted by molar-refractivity contribution is 5.83. The van der Waals surface area contributed by atoms with Crippen molar-refractivity contribution in [3.05, 3.63) is 0 Å². The van der Waals surface area contributed by atoms with E-state index in [0.717, 1.165) is 19.3 Å². The van der Waals surface area contributed by atoms with E-state index in [2.05, 4.69) is 12.2 Å². The van der Waals surface area contributed by atoms with E-state index in [9.17, 15) is 9.59 Å². The predicted molar refractivity (Wildman–Crippen MR) is 62.1 cm³/mol. The predicted octanol–water partition coefficient (Wildman–Crippen LogP) is 0.640. The fraction of sp³-hybridized carbons (Fsp3) is 0.833. The lowest BCUT2D eigenvalue weighted by molar-refractivity contribution is -0.156. The minimum atomic E-state index is -0.0263. The van der Waals surface area contributed by atoms with Crippen molar-refractivity contribution in [1.82, 2.24) is 10.2 Å². The summed E-state index contributed by atoms with van der Waals surface area (Å²) in [6.45, 7) is 3.26. The minimum absolute atomic E-state index is 0.0236. The second kappa shape index (κ2) is 5.49. The number of carbonyl (C=O) groups excluding carboxylic acids is 2. The van der Waals surface area contributed by atoms with E-state index in [1.165, 1.54) is 0 Å². The molecule has 2 rings (SSSR count). The number of amides is 2. The number of rotatable bonds is 6. The number of unbranched alkanes of at least 4 members (excludes halogenated alkanes) is 2. The number of ether oxygens (including phenoxy) is 1. The number of carbonyl (C=O) groups is 2. The molecule has 0 radical (unpaired) electrons. The SMILES string of the molecule is CCCCCC(=O)NCC1CN2C(=O)CC2O1. The number of fused-ring (bicyclic) bond motifs is 1. The molecule has 17 heavy (non-hydrogen) atoms. The van der Waals surface area contributed by atoms with E-state index in [-0.39, 0.29) is 24.1 Å². The Morgan fingerprint density at radius 1 is 1.53 bits per heavy atom. The van der Waals surface area contributed by atoms with Crippen LogP contribution in [-0.2, 0) is 14.3 Å². The van der Waals surface area contributed by atoms with Gasteiger partial charge >= 0.3 is 0 Å². The van der Waals surface area contributed by atoms with Crippen LogP contribution in [0.2, 0.25) is 0 Å². The van der Waals surface area contributed by atoms with Crippen LogP contribution in [0.25, 0.3) is 0 Å². The van der Waals surface area contributed by atoms with Crippen LogP contribution in [0.3, 0.4) is 0 Å². The molecule has 96 valence electrons. The summed E-state index contributed by atoms with van der Waals surface area (Å²) >= 11 is 0. The number of hydrogen-bond acceptors (Lipinski definition) is 3. The van der Waals surface area contributed by atoms with Crippen LogP contribution in [0, 0.1) is 0 Å². The highest BCUT2D eigenvalue weighted by Crippen LogP contribution is 2.28. The van der Waals surface area contributed by atoms with Crippen LogP contribution in [0.4, 0.5) is 0 Å². The van der Waals surface area contributed by atoms with Gasteiger partial charge in [0.1, 0.15) is 6.23 Å². The smallest absolute Gasteiger partial charge is 0.229 e. The zero-order chi connectivity index (χ0) is 12.3. The third kappa shape index (κ3) is 2.97. The van der Waals surface area contributed by atoms with Crippen LogP contribution in [-0.4, -0.2) is 42.1 Å². The second-order valence-corrected chi connectivity index (χ2v) is 4.72. The lowest BCUT2D eigenvalue weighted by Gasteiger charge is -2.31. The Labute approximate surface area is 101 Å². The molecule has 0 saturated carbocycles. The van der Waals surface area contributed by atoms with E-state index in [1.807, 2.05) is 0 Å². The van der Waals surface area contributed by atoms with Gasteiger partial charge in [0, 0.05) is 13.0 Å². The number of hydrogen-bond donors (Lipinski definition) is 1. The molecule has 2 heterocycles. The molecule has 2 aliphatic heterocycles. The van der Waals surface area contributed by atoms with Crippen LogP contribution in [0.1, 0.15) is 39.0 Å². The van der Waals surface area contributed by atoms with E-state index < -0.39 is 0 Å². The molecule has 0 bridgehead atoms. The fourth-order valence-corrected chi connectivity index (χ4v) is 2.21. The summed E-state index contributed by atoms with van der Waals surface area (Å²) in [6.07, 6.45) is 4.20. The normalized spacial score (nSPS) is 26.6. The van der Waals surface area contributed by atoms with E-state index >= 15 is 0 Å². The highest BCUT2D eigenvalue weighted by atomic mass is 16.5. The van der Waals surface area contributed by atoms with Gasteiger partial charge in [-0.05, 0) is 6.42 Å². The van der Waals surface area contributed by atoms with Crippen molar-refractivity contribution in [1.29, 1.82) is 0 Å².